The summed E-state index contributed by atoms with van der Waals surface area (Å²) in [6, 6.07) is 31.5. The molecule has 2 bridgehead atoms. The Morgan fingerprint density at radius 3 is 1.51 bits per heavy atom. The summed E-state index contributed by atoms with van der Waals surface area (Å²) < 4.78 is 21.6. The largest absolute Gasteiger partial charge is 0.463 e. The average molecular weight is 782 g/mol. The average Bonchev–Trinajstić information content (AvgIpc) is 3.93. The number of fused-ring (bicyclic) bond motifs is 5. The molecule has 3 aromatic rings. The van der Waals surface area contributed by atoms with Crippen LogP contribution < -0.4 is 0 Å². The molecular weight excluding hydrogens is 730 g/mol. The molecule has 7 rings (SSSR count). The SMILES string of the molecule is C.O=C(CCC(=O)ON1C(=O)[C@@H]2[C@H](C1=O)[C@@H]1C=C[C@H]2C1)OCCOCCOCCOC(=O)N1CCN(C(c2ccccc2)(c2ccccc2)c2ccccc2)CC1. The van der Waals surface area contributed by atoms with Crippen molar-refractivity contribution < 1.29 is 47.8 Å². The van der Waals surface area contributed by atoms with E-state index in [1.165, 1.54) is 0 Å². The Balaban J connectivity index is 0.00000549. The molecule has 1 saturated carbocycles. The van der Waals surface area contributed by atoms with Crippen LogP contribution in [0.4, 0.5) is 4.79 Å². The maximum absolute atomic E-state index is 13.0. The van der Waals surface area contributed by atoms with E-state index in [4.69, 9.17) is 23.8 Å². The van der Waals surface area contributed by atoms with E-state index in [0.29, 0.717) is 31.2 Å². The summed E-state index contributed by atoms with van der Waals surface area (Å²) in [5.41, 5.74) is 2.95. The lowest BCUT2D eigenvalue weighted by Crippen LogP contribution is -2.57. The van der Waals surface area contributed by atoms with Crippen molar-refractivity contribution in [3.63, 3.8) is 0 Å². The highest BCUT2D eigenvalue weighted by molar-refractivity contribution is 6.06. The van der Waals surface area contributed by atoms with Crippen molar-refractivity contribution in [3.05, 3.63) is 120 Å². The first-order valence-electron chi connectivity index (χ1n) is 19.3. The lowest BCUT2D eigenvalue weighted by Gasteiger charge is -2.48. The molecule has 0 spiro atoms. The van der Waals surface area contributed by atoms with Gasteiger partial charge in [-0.1, -0.05) is 111 Å². The van der Waals surface area contributed by atoms with Crippen LogP contribution in [-0.2, 0) is 48.5 Å². The summed E-state index contributed by atoms with van der Waals surface area (Å²) in [7, 11) is 0. The number of benzene rings is 3. The van der Waals surface area contributed by atoms with E-state index in [9.17, 15) is 24.0 Å². The molecule has 3 aromatic carbocycles. The van der Waals surface area contributed by atoms with Crippen molar-refractivity contribution in [1.29, 1.82) is 0 Å². The van der Waals surface area contributed by atoms with Gasteiger partial charge in [0.2, 0.25) is 0 Å². The topological polar surface area (TPSA) is 141 Å². The number of carbonyl (C=O) groups excluding carboxylic acids is 5. The normalized spacial score (nSPS) is 21.3. The number of nitrogens with zero attached hydrogens (tertiary/aromatic N) is 3. The number of ether oxygens (including phenoxy) is 4. The first kappa shape index (κ1) is 41.3. The summed E-state index contributed by atoms with van der Waals surface area (Å²) in [6.07, 6.45) is 3.71. The fourth-order valence-electron chi connectivity index (χ4n) is 8.51. The molecule has 0 N–H and O–H groups in total. The second-order valence-corrected chi connectivity index (χ2v) is 14.3. The number of carbonyl (C=O) groups is 5. The van der Waals surface area contributed by atoms with Crippen LogP contribution in [0.5, 0.6) is 0 Å². The van der Waals surface area contributed by atoms with Gasteiger partial charge in [0.25, 0.3) is 11.8 Å². The van der Waals surface area contributed by atoms with Crippen LogP contribution in [0, 0.1) is 23.7 Å². The molecule has 2 aliphatic carbocycles. The second kappa shape index (κ2) is 19.2. The fraction of sp³-hybridized carbons (Fsp3) is 0.432. The Bertz CT molecular complexity index is 1740. The monoisotopic (exact) mass is 781 g/mol. The third-order valence-corrected chi connectivity index (χ3v) is 11.1. The Kier molecular flexibility index (Phi) is 13.9. The van der Waals surface area contributed by atoms with E-state index in [0.717, 1.165) is 23.1 Å². The van der Waals surface area contributed by atoms with Gasteiger partial charge in [-0.3, -0.25) is 19.3 Å². The molecule has 0 aromatic heterocycles. The van der Waals surface area contributed by atoms with Crippen molar-refractivity contribution >= 4 is 29.8 Å². The van der Waals surface area contributed by atoms with Gasteiger partial charge in [-0.2, -0.15) is 0 Å². The van der Waals surface area contributed by atoms with Gasteiger partial charge in [0.1, 0.15) is 13.2 Å². The van der Waals surface area contributed by atoms with E-state index < -0.39 is 41.1 Å². The predicted octanol–water partition coefficient (Wildman–Crippen LogP) is 4.99. The molecule has 0 radical (unpaired) electrons. The Labute approximate surface area is 333 Å². The Morgan fingerprint density at radius 2 is 1.02 bits per heavy atom. The maximum Gasteiger partial charge on any atom is 0.409 e. The van der Waals surface area contributed by atoms with Crippen molar-refractivity contribution in [2.75, 3.05) is 65.8 Å². The number of allylic oxidation sites excluding steroid dienone is 2. The molecular formula is C44H51N3O10. The number of esters is 1. The van der Waals surface area contributed by atoms with E-state index >= 15 is 0 Å². The quantitative estimate of drug-likeness (QED) is 0.0602. The molecule has 13 nitrogen and oxygen atoms in total. The molecule has 3 fully saturated rings. The Hall–Kier alpha value is -5.37. The minimum absolute atomic E-state index is 0. The highest BCUT2D eigenvalue weighted by Gasteiger charge is 2.61. The van der Waals surface area contributed by atoms with Crippen molar-refractivity contribution in [3.8, 4) is 0 Å². The number of rotatable bonds is 17. The fourth-order valence-corrected chi connectivity index (χ4v) is 8.51. The lowest BCUT2D eigenvalue weighted by atomic mass is 9.75. The second-order valence-electron chi connectivity index (χ2n) is 14.3. The number of piperazine rings is 1. The minimum atomic E-state index is -0.849. The van der Waals surface area contributed by atoms with Crippen LogP contribution in [0.15, 0.2) is 103 Å². The van der Waals surface area contributed by atoms with Crippen molar-refractivity contribution in [2.45, 2.75) is 32.2 Å². The molecule has 302 valence electrons. The standard InChI is InChI=1S/C43H47N3O10.CH4/c47-36(18-19-37(48)56-46-40(49)38-31-16-17-32(30-31)39(38)41(46)50)54-28-26-52-24-25-53-27-29-55-42(51)44-20-22-45(23-21-44)43(33-10-4-1-5-11-33,34-12-6-2-7-13-34)35-14-8-3-9-15-35;/h1-17,31-32,38-39H,18-30H2;1H4/t31-,32+,38-,39+;. The zero-order chi connectivity index (χ0) is 38.9. The first-order chi connectivity index (χ1) is 27.4. The van der Waals surface area contributed by atoms with Gasteiger partial charge in [0.05, 0.1) is 56.6 Å². The number of hydroxylamine groups is 2. The maximum atomic E-state index is 13.0. The van der Waals surface area contributed by atoms with Gasteiger partial charge in [-0.05, 0) is 34.9 Å². The summed E-state index contributed by atoms with van der Waals surface area (Å²) in [5, 5.41) is 0.575. The molecule has 4 atom stereocenters. The van der Waals surface area contributed by atoms with Crippen LogP contribution in [0.1, 0.15) is 43.4 Å². The zero-order valence-corrected chi connectivity index (χ0v) is 31.2. The summed E-state index contributed by atoms with van der Waals surface area (Å²) in [5.74, 6) is -3.39. The van der Waals surface area contributed by atoms with Gasteiger partial charge in [0.15, 0.2) is 0 Å². The van der Waals surface area contributed by atoms with Crippen LogP contribution in [0.25, 0.3) is 0 Å². The number of imide groups is 1. The third-order valence-electron chi connectivity index (χ3n) is 11.1. The molecule has 0 unspecified atom stereocenters. The molecule has 2 aliphatic heterocycles. The first-order valence-corrected chi connectivity index (χ1v) is 19.3. The minimum Gasteiger partial charge on any atom is -0.463 e. The van der Waals surface area contributed by atoms with E-state index in [1.54, 1.807) is 4.90 Å². The Morgan fingerprint density at radius 1 is 0.579 bits per heavy atom. The molecule has 2 saturated heterocycles. The van der Waals surface area contributed by atoms with Gasteiger partial charge in [-0.25, -0.2) is 9.59 Å². The summed E-state index contributed by atoms with van der Waals surface area (Å²) >= 11 is 0. The van der Waals surface area contributed by atoms with E-state index in [-0.39, 0.29) is 77.8 Å². The van der Waals surface area contributed by atoms with Crippen LogP contribution in [0.3, 0.4) is 0 Å². The molecule has 57 heavy (non-hydrogen) atoms. The van der Waals surface area contributed by atoms with E-state index in [1.807, 2.05) is 30.4 Å². The van der Waals surface area contributed by atoms with Crippen molar-refractivity contribution in [1.82, 2.24) is 14.9 Å². The van der Waals surface area contributed by atoms with E-state index in [2.05, 4.69) is 77.7 Å². The molecule has 13 heteroatoms. The highest BCUT2D eigenvalue weighted by Crippen LogP contribution is 2.52. The van der Waals surface area contributed by atoms with Crippen LogP contribution >= 0.6 is 0 Å². The third kappa shape index (κ3) is 8.96. The van der Waals surface area contributed by atoms with Gasteiger partial charge in [0, 0.05) is 26.2 Å². The summed E-state index contributed by atoms with van der Waals surface area (Å²) in [6.45, 7) is 3.20. The van der Waals surface area contributed by atoms with Crippen LogP contribution in [0.2, 0.25) is 0 Å². The van der Waals surface area contributed by atoms with Crippen LogP contribution in [-0.4, -0.2) is 111 Å². The number of hydrogen-bond donors (Lipinski definition) is 0. The molecule has 4 aliphatic rings. The molecule has 2 heterocycles. The highest BCUT2D eigenvalue weighted by atomic mass is 16.7. The number of hydrogen-bond acceptors (Lipinski definition) is 11. The summed E-state index contributed by atoms with van der Waals surface area (Å²) in [4.78, 5) is 71.8. The molecule has 3 amide bonds. The smallest absolute Gasteiger partial charge is 0.409 e. The van der Waals surface area contributed by atoms with Gasteiger partial charge < -0.3 is 28.7 Å². The van der Waals surface area contributed by atoms with Gasteiger partial charge in [-0.15, -0.1) is 5.06 Å². The number of amides is 3. The van der Waals surface area contributed by atoms with Gasteiger partial charge >= 0.3 is 18.0 Å². The van der Waals surface area contributed by atoms with Crippen molar-refractivity contribution in [2.24, 2.45) is 23.7 Å². The lowest BCUT2D eigenvalue weighted by molar-refractivity contribution is -0.199. The predicted molar refractivity (Wildman–Crippen MR) is 208 cm³/mol. The zero-order valence-electron chi connectivity index (χ0n) is 31.2.